The lowest BCUT2D eigenvalue weighted by Gasteiger charge is -2.13. The zero-order valence-corrected chi connectivity index (χ0v) is 46.5. The molecule has 8 aromatic heterocycles. The molecule has 0 saturated carbocycles. The van der Waals surface area contributed by atoms with Crippen molar-refractivity contribution in [2.24, 2.45) is 0 Å². The normalized spacial score (nSPS) is 11.3. The van der Waals surface area contributed by atoms with Gasteiger partial charge >= 0.3 is 0 Å². The summed E-state index contributed by atoms with van der Waals surface area (Å²) in [5, 5.41) is 23.6. The number of benzene rings is 4. The Balaban J connectivity index is 0.000000178. The van der Waals surface area contributed by atoms with Crippen LogP contribution in [-0.4, -0.2) is 118 Å². The van der Waals surface area contributed by atoms with Gasteiger partial charge in [-0.05, 0) is 143 Å². The quantitative estimate of drug-likeness (QED) is 0.0505. The first-order valence-corrected chi connectivity index (χ1v) is 27.0. The second-order valence-electron chi connectivity index (χ2n) is 19.9. The summed E-state index contributed by atoms with van der Waals surface area (Å²) in [6.07, 6.45) is 13.2. The van der Waals surface area contributed by atoms with Gasteiger partial charge in [0.15, 0.2) is 11.6 Å². The van der Waals surface area contributed by atoms with Crippen LogP contribution in [0.2, 0.25) is 0 Å². The van der Waals surface area contributed by atoms with E-state index >= 15 is 0 Å². The monoisotopic (exact) mass is 1080 g/mol. The molecule has 0 atom stereocenters. The largest absolute Gasteiger partial charge is 0.384 e. The molecule has 12 aromatic rings. The van der Waals surface area contributed by atoms with Crippen LogP contribution in [0.15, 0.2) is 153 Å². The van der Waals surface area contributed by atoms with Gasteiger partial charge in [0.2, 0.25) is 0 Å². The molecule has 0 aliphatic carbocycles. The van der Waals surface area contributed by atoms with Crippen LogP contribution >= 0.6 is 0 Å². The lowest BCUT2D eigenvalue weighted by Crippen LogP contribution is -2.20. The molecule has 18 heteroatoms. The number of hydrogen-bond acceptors (Lipinski definition) is 12. The number of likely N-dealkylation sites (N-methyl/N-ethyl adjacent to an activating group) is 1. The van der Waals surface area contributed by atoms with Gasteiger partial charge in [0.25, 0.3) is 0 Å². The van der Waals surface area contributed by atoms with Crippen LogP contribution in [0.3, 0.4) is 0 Å². The highest BCUT2D eigenvalue weighted by Gasteiger charge is 2.20. The number of hydrogen-bond donors (Lipinski definition) is 6. The van der Waals surface area contributed by atoms with E-state index < -0.39 is 0 Å². The topological polar surface area (TPSA) is 197 Å². The molecule has 16 nitrogen and oxygen atoms in total. The lowest BCUT2D eigenvalue weighted by molar-refractivity contribution is 0.400. The first-order chi connectivity index (χ1) is 39.4. The van der Waals surface area contributed by atoms with Crippen molar-refractivity contribution in [2.75, 3.05) is 58.5 Å². The van der Waals surface area contributed by atoms with Crippen LogP contribution in [0.1, 0.15) is 39.2 Å². The molecule has 81 heavy (non-hydrogen) atoms. The van der Waals surface area contributed by atoms with Gasteiger partial charge in [-0.2, -0.15) is 10.2 Å². The summed E-state index contributed by atoms with van der Waals surface area (Å²) in [7, 11) is 8.11. The highest BCUT2D eigenvalue weighted by Crippen LogP contribution is 2.36. The third-order valence-electron chi connectivity index (χ3n) is 13.6. The van der Waals surface area contributed by atoms with E-state index in [4.69, 9.17) is 9.97 Å². The van der Waals surface area contributed by atoms with Gasteiger partial charge < -0.3 is 30.4 Å². The number of allylic oxidation sites excluding steroid dienone is 1. The smallest absolute Gasteiger partial charge is 0.159 e. The molecule has 0 fully saturated rings. The number of nitrogens with one attached hydrogen (secondary N) is 6. The zero-order valence-electron chi connectivity index (χ0n) is 46.5. The predicted octanol–water partition coefficient (Wildman–Crippen LogP) is 13.6. The number of nitrogens with zero attached hydrogens (tertiary/aromatic N) is 10. The van der Waals surface area contributed by atoms with Crippen LogP contribution in [-0.2, 0) is 6.42 Å². The van der Waals surface area contributed by atoms with Crippen molar-refractivity contribution in [3.8, 4) is 67.8 Å². The molecular weight excluding hydrogens is 1020 g/mol. The number of aryl methyl sites for hydroxylation is 1. The number of imidazole rings is 2. The van der Waals surface area contributed by atoms with Crippen molar-refractivity contribution < 1.29 is 8.78 Å². The first kappa shape index (κ1) is 54.8. The van der Waals surface area contributed by atoms with Gasteiger partial charge in [0.1, 0.15) is 23.0 Å². The van der Waals surface area contributed by atoms with E-state index in [1.54, 1.807) is 49.3 Å². The number of para-hydroxylation sites is 2. The number of aromatic amines is 4. The van der Waals surface area contributed by atoms with E-state index in [-0.39, 0.29) is 11.6 Å². The molecule has 4 aromatic carbocycles. The Bertz CT molecular complexity index is 4140. The molecule has 0 spiro atoms. The maximum absolute atomic E-state index is 14.7. The summed E-state index contributed by atoms with van der Waals surface area (Å²) < 4.78 is 29.3. The molecule has 410 valence electrons. The molecule has 0 aliphatic rings. The summed E-state index contributed by atoms with van der Waals surface area (Å²) >= 11 is 0. The van der Waals surface area contributed by atoms with Gasteiger partial charge in [-0.3, -0.25) is 30.1 Å². The zero-order chi connectivity index (χ0) is 56.6. The molecule has 0 bridgehead atoms. The molecular formula is C63H64F2N16. The number of anilines is 2. The van der Waals surface area contributed by atoms with E-state index in [0.29, 0.717) is 23.0 Å². The Morgan fingerprint density at radius 3 is 1.74 bits per heavy atom. The Morgan fingerprint density at radius 1 is 0.580 bits per heavy atom. The Hall–Kier alpha value is -9.52. The van der Waals surface area contributed by atoms with Gasteiger partial charge in [-0.15, -0.1) is 0 Å². The van der Waals surface area contributed by atoms with E-state index in [9.17, 15) is 8.78 Å². The van der Waals surface area contributed by atoms with Crippen molar-refractivity contribution in [3.63, 3.8) is 0 Å². The number of rotatable bonds is 17. The number of aromatic nitrogens is 12. The van der Waals surface area contributed by atoms with Crippen molar-refractivity contribution in [1.82, 2.24) is 70.1 Å². The second-order valence-corrected chi connectivity index (χ2v) is 19.9. The van der Waals surface area contributed by atoms with Crippen molar-refractivity contribution in [3.05, 3.63) is 170 Å². The summed E-state index contributed by atoms with van der Waals surface area (Å²) in [6, 6.07) is 31.9. The maximum Gasteiger partial charge on any atom is 0.159 e. The van der Waals surface area contributed by atoms with Crippen molar-refractivity contribution in [1.29, 1.82) is 0 Å². The van der Waals surface area contributed by atoms with E-state index in [1.807, 2.05) is 122 Å². The Kier molecular flexibility index (Phi) is 16.7. The summed E-state index contributed by atoms with van der Waals surface area (Å²) in [5.41, 5.74) is 16.4. The molecule has 0 radical (unpaired) electrons. The highest BCUT2D eigenvalue weighted by molar-refractivity contribution is 6.00. The third-order valence-corrected chi connectivity index (χ3v) is 13.6. The summed E-state index contributed by atoms with van der Waals surface area (Å²) in [6.45, 7) is 12.6. The average Bonchev–Trinajstić information content (AvgIpc) is 4.34. The number of H-pyrrole nitrogens is 4. The minimum Gasteiger partial charge on any atom is -0.384 e. The second kappa shape index (κ2) is 24.7. The van der Waals surface area contributed by atoms with E-state index in [0.717, 1.165) is 150 Å². The number of pyridine rings is 4. The molecule has 12 rings (SSSR count). The van der Waals surface area contributed by atoms with E-state index in [1.165, 1.54) is 12.1 Å². The van der Waals surface area contributed by atoms with Crippen LogP contribution in [0.4, 0.5) is 20.2 Å². The molecule has 8 heterocycles. The fourth-order valence-corrected chi connectivity index (χ4v) is 9.55. The molecule has 6 N–H and O–H groups in total. The fourth-order valence-electron chi connectivity index (χ4n) is 9.55. The van der Waals surface area contributed by atoms with Gasteiger partial charge in [0, 0.05) is 76.1 Å². The molecule has 0 aliphatic heterocycles. The lowest BCUT2D eigenvalue weighted by atomic mass is 9.99. The van der Waals surface area contributed by atoms with Gasteiger partial charge in [0.05, 0.1) is 68.8 Å². The van der Waals surface area contributed by atoms with Crippen LogP contribution < -0.4 is 10.6 Å². The van der Waals surface area contributed by atoms with Crippen molar-refractivity contribution >= 4 is 55.2 Å². The molecule has 0 saturated heterocycles. The first-order valence-electron chi connectivity index (χ1n) is 27.0. The number of halogens is 2. The van der Waals surface area contributed by atoms with Crippen LogP contribution in [0.25, 0.3) is 112 Å². The molecule has 0 amide bonds. The minimum atomic E-state index is -0.299. The Morgan fingerprint density at radius 2 is 1.15 bits per heavy atom. The third kappa shape index (κ3) is 12.5. The van der Waals surface area contributed by atoms with Crippen LogP contribution in [0, 0.1) is 11.6 Å². The minimum absolute atomic E-state index is 0.244. The van der Waals surface area contributed by atoms with Crippen molar-refractivity contribution in [2.45, 2.75) is 40.0 Å². The number of fused-ring (bicyclic) bond motifs is 4. The SMILES string of the molecule is C=C(CC)Nc1cncc(-c2cc3c(-c4nc5c(-c6cc(F)cc(CCCN(C)C)c6)cccc5[nH]4)n[nH]c3cn2)c1.CC.CN(C)CCNc1cc(F)cc(-c2cccc3[nH]c(-c4n[nH]c5cnc(-c6ccncc6)cc45)nc23)c1. The Labute approximate surface area is 468 Å². The highest BCUT2D eigenvalue weighted by atomic mass is 19.1. The van der Waals surface area contributed by atoms with E-state index in [2.05, 4.69) is 83.4 Å². The predicted molar refractivity (Wildman–Crippen MR) is 324 cm³/mol. The summed E-state index contributed by atoms with van der Waals surface area (Å²) in [5.74, 6) is 0.704. The fraction of sp³-hybridized carbons (Fsp3) is 0.206. The summed E-state index contributed by atoms with van der Waals surface area (Å²) in [4.78, 5) is 38.6. The molecule has 0 unspecified atom stereocenters. The average molecular weight is 1080 g/mol. The standard InChI is InChI=1S/C33H33FN8.C28H25FN8.C2H6/c1-5-20(2)37-25-15-23(17-35-18-25)29-16-27-30(19-36-29)40-41-32(27)33-38-28-10-6-9-26(31(28)39-33)22-12-21(13-24(34)14-22)8-7-11-42(3)4;1-37(2)11-10-31-20-13-18(12-19(29)14-20)21-4-3-5-23-26(21)34-28(33-23)27-22-15-24(17-6-8-30-9-7-17)32-16-25(22)35-36-27;1-2/h6,9-10,12-19,37H,2,5,7-8,11H2,1,3-4H3,(H,38,39)(H,40,41);3-9,12-16,31H,10-11H2,1-2H3,(H,33,34)(H,35,36);1-2H3. The van der Waals surface area contributed by atoms with Crippen LogP contribution in [0.5, 0.6) is 0 Å². The van der Waals surface area contributed by atoms with Gasteiger partial charge in [-0.25, -0.2) is 18.7 Å². The maximum atomic E-state index is 14.7. The van der Waals surface area contributed by atoms with Gasteiger partial charge in [-0.1, -0.05) is 57.7 Å².